The van der Waals surface area contributed by atoms with E-state index in [2.05, 4.69) is 19.9 Å². The molecular weight excluding hydrogens is 290 g/mol. The lowest BCUT2D eigenvalue weighted by Crippen LogP contribution is -2.18. The molecule has 4 heteroatoms. The summed E-state index contributed by atoms with van der Waals surface area (Å²) in [7, 11) is 0. The lowest BCUT2D eigenvalue weighted by molar-refractivity contribution is -0.136. The number of esters is 1. The van der Waals surface area contributed by atoms with Gasteiger partial charge in [-0.2, -0.15) is 5.26 Å². The van der Waals surface area contributed by atoms with Crippen LogP contribution in [-0.2, 0) is 4.79 Å². The maximum atomic E-state index is 11.9. The van der Waals surface area contributed by atoms with E-state index < -0.39 is 5.97 Å². The zero-order valence-corrected chi connectivity index (χ0v) is 13.5. The summed E-state index contributed by atoms with van der Waals surface area (Å²) in [6.45, 7) is 5.98. The van der Waals surface area contributed by atoms with E-state index in [4.69, 9.17) is 14.7 Å². The van der Waals surface area contributed by atoms with Gasteiger partial charge in [-0.05, 0) is 54.3 Å². The molecule has 2 rings (SSSR count). The van der Waals surface area contributed by atoms with E-state index in [9.17, 15) is 4.79 Å². The SMILES string of the molecule is Cc1ccc(C(C)C)cc1OCC(=O)Oc1ccc(C#N)cc1. The molecule has 0 heterocycles. The topological polar surface area (TPSA) is 59.3 Å². The van der Waals surface area contributed by atoms with Crippen LogP contribution in [0.1, 0.15) is 36.5 Å². The number of nitriles is 1. The van der Waals surface area contributed by atoms with Gasteiger partial charge < -0.3 is 9.47 Å². The lowest BCUT2D eigenvalue weighted by atomic mass is 10.0. The van der Waals surface area contributed by atoms with Crippen LogP contribution in [0.3, 0.4) is 0 Å². The monoisotopic (exact) mass is 309 g/mol. The quantitative estimate of drug-likeness (QED) is 0.619. The van der Waals surface area contributed by atoms with Gasteiger partial charge in [-0.25, -0.2) is 4.79 Å². The zero-order chi connectivity index (χ0) is 16.8. The summed E-state index contributed by atoms with van der Waals surface area (Å²) < 4.78 is 10.8. The number of rotatable bonds is 5. The number of aryl methyl sites for hydroxylation is 1. The van der Waals surface area contributed by atoms with Crippen LogP contribution in [0.5, 0.6) is 11.5 Å². The van der Waals surface area contributed by atoms with E-state index in [0.717, 1.165) is 11.1 Å². The number of carbonyl (C=O) groups is 1. The Kier molecular flexibility index (Phi) is 5.37. The van der Waals surface area contributed by atoms with Crippen LogP contribution in [0.25, 0.3) is 0 Å². The first-order valence-corrected chi connectivity index (χ1v) is 7.44. The van der Waals surface area contributed by atoms with E-state index in [1.165, 1.54) is 0 Å². The molecule has 0 aliphatic carbocycles. The van der Waals surface area contributed by atoms with Crippen LogP contribution in [-0.4, -0.2) is 12.6 Å². The highest BCUT2D eigenvalue weighted by Gasteiger charge is 2.09. The third-order valence-corrected chi connectivity index (χ3v) is 3.44. The second kappa shape index (κ2) is 7.46. The Morgan fingerprint density at radius 1 is 1.17 bits per heavy atom. The van der Waals surface area contributed by atoms with Crippen LogP contribution in [0, 0.1) is 18.3 Å². The van der Waals surface area contributed by atoms with Crippen LogP contribution in [0.4, 0.5) is 0 Å². The van der Waals surface area contributed by atoms with Crippen molar-refractivity contribution in [3.63, 3.8) is 0 Å². The van der Waals surface area contributed by atoms with Crippen molar-refractivity contribution in [2.75, 3.05) is 6.61 Å². The van der Waals surface area contributed by atoms with Crippen molar-refractivity contribution in [3.05, 3.63) is 59.2 Å². The number of benzene rings is 2. The predicted molar refractivity (Wildman–Crippen MR) is 87.6 cm³/mol. The van der Waals surface area contributed by atoms with Gasteiger partial charge in [0.15, 0.2) is 6.61 Å². The van der Waals surface area contributed by atoms with Gasteiger partial charge in [0.25, 0.3) is 0 Å². The molecule has 0 atom stereocenters. The Hall–Kier alpha value is -2.80. The average Bonchev–Trinajstić information content (AvgIpc) is 2.54. The Morgan fingerprint density at radius 3 is 2.48 bits per heavy atom. The minimum absolute atomic E-state index is 0.164. The Balaban J connectivity index is 1.96. The van der Waals surface area contributed by atoms with Crippen molar-refractivity contribution in [2.45, 2.75) is 26.7 Å². The van der Waals surface area contributed by atoms with Crippen molar-refractivity contribution in [3.8, 4) is 17.6 Å². The summed E-state index contributed by atoms with van der Waals surface area (Å²) in [5.41, 5.74) is 2.65. The van der Waals surface area contributed by atoms with Gasteiger partial charge in [0.05, 0.1) is 11.6 Å². The molecule has 0 bridgehead atoms. The van der Waals surface area contributed by atoms with Crippen LogP contribution in [0.2, 0.25) is 0 Å². The molecule has 0 unspecified atom stereocenters. The summed E-state index contributed by atoms with van der Waals surface area (Å²) in [6.07, 6.45) is 0. The summed E-state index contributed by atoms with van der Waals surface area (Å²) in [6, 6.07) is 14.4. The van der Waals surface area contributed by atoms with E-state index in [1.807, 2.05) is 25.1 Å². The zero-order valence-electron chi connectivity index (χ0n) is 13.5. The fraction of sp³-hybridized carbons (Fsp3) is 0.263. The van der Waals surface area contributed by atoms with Crippen molar-refractivity contribution in [2.24, 2.45) is 0 Å². The van der Waals surface area contributed by atoms with E-state index in [-0.39, 0.29) is 6.61 Å². The molecule has 0 aliphatic rings. The fourth-order valence-electron chi connectivity index (χ4n) is 2.03. The molecule has 0 saturated heterocycles. The van der Waals surface area contributed by atoms with Gasteiger partial charge in [0, 0.05) is 0 Å². The highest BCUT2D eigenvalue weighted by Crippen LogP contribution is 2.24. The number of nitrogens with zero attached hydrogens (tertiary/aromatic N) is 1. The largest absolute Gasteiger partial charge is 0.482 e. The van der Waals surface area contributed by atoms with Crippen LogP contribution in [0.15, 0.2) is 42.5 Å². The smallest absolute Gasteiger partial charge is 0.349 e. The van der Waals surface area contributed by atoms with Gasteiger partial charge in [-0.3, -0.25) is 0 Å². The van der Waals surface area contributed by atoms with Gasteiger partial charge in [-0.1, -0.05) is 26.0 Å². The average molecular weight is 309 g/mol. The molecule has 0 saturated carbocycles. The Morgan fingerprint density at radius 2 is 1.87 bits per heavy atom. The standard InChI is InChI=1S/C19H19NO3/c1-13(2)16-7-4-14(3)18(10-16)22-12-19(21)23-17-8-5-15(11-20)6-9-17/h4-10,13H,12H2,1-3H3. The van der Waals surface area contributed by atoms with E-state index >= 15 is 0 Å². The van der Waals surface area contributed by atoms with Crippen LogP contribution < -0.4 is 9.47 Å². The molecular formula is C19H19NO3. The molecule has 0 aliphatic heterocycles. The summed E-state index contributed by atoms with van der Waals surface area (Å²) in [5.74, 6) is 0.992. The maximum absolute atomic E-state index is 11.9. The summed E-state index contributed by atoms with van der Waals surface area (Å²) >= 11 is 0. The first-order valence-electron chi connectivity index (χ1n) is 7.44. The molecule has 0 N–H and O–H groups in total. The Labute approximate surface area is 136 Å². The first-order chi connectivity index (χ1) is 11.0. The fourth-order valence-corrected chi connectivity index (χ4v) is 2.03. The van der Waals surface area contributed by atoms with Gasteiger partial charge in [-0.15, -0.1) is 0 Å². The molecule has 0 radical (unpaired) electrons. The molecule has 23 heavy (non-hydrogen) atoms. The van der Waals surface area contributed by atoms with Gasteiger partial charge in [0.1, 0.15) is 11.5 Å². The highest BCUT2D eigenvalue weighted by atomic mass is 16.6. The third-order valence-electron chi connectivity index (χ3n) is 3.44. The maximum Gasteiger partial charge on any atom is 0.349 e. The lowest BCUT2D eigenvalue weighted by Gasteiger charge is -2.12. The van der Waals surface area contributed by atoms with Crippen molar-refractivity contribution in [1.29, 1.82) is 5.26 Å². The van der Waals surface area contributed by atoms with E-state index in [1.54, 1.807) is 24.3 Å². The Bertz CT molecular complexity index is 727. The first kappa shape index (κ1) is 16.6. The normalized spacial score (nSPS) is 10.2. The second-order valence-electron chi connectivity index (χ2n) is 5.58. The number of ether oxygens (including phenoxy) is 2. The molecule has 2 aromatic rings. The third kappa shape index (κ3) is 4.58. The van der Waals surface area contributed by atoms with Crippen molar-refractivity contribution >= 4 is 5.97 Å². The molecule has 0 aromatic heterocycles. The molecule has 0 fully saturated rings. The molecule has 0 amide bonds. The van der Waals surface area contributed by atoms with Gasteiger partial charge in [0.2, 0.25) is 0 Å². The number of hydrogen-bond donors (Lipinski definition) is 0. The van der Waals surface area contributed by atoms with Crippen LogP contribution >= 0.6 is 0 Å². The second-order valence-corrected chi connectivity index (χ2v) is 5.58. The molecule has 4 nitrogen and oxygen atoms in total. The minimum Gasteiger partial charge on any atom is -0.482 e. The molecule has 118 valence electrons. The molecule has 2 aromatic carbocycles. The number of carbonyl (C=O) groups excluding carboxylic acids is 1. The summed E-state index contributed by atoms with van der Waals surface area (Å²) in [5, 5.41) is 8.73. The van der Waals surface area contributed by atoms with Crippen molar-refractivity contribution in [1.82, 2.24) is 0 Å². The van der Waals surface area contributed by atoms with Gasteiger partial charge >= 0.3 is 5.97 Å². The predicted octanol–water partition coefficient (Wildman–Crippen LogP) is 3.97. The molecule has 0 spiro atoms. The van der Waals surface area contributed by atoms with Crippen molar-refractivity contribution < 1.29 is 14.3 Å². The highest BCUT2D eigenvalue weighted by molar-refractivity contribution is 5.74. The number of hydrogen-bond acceptors (Lipinski definition) is 4. The minimum atomic E-state index is -0.482. The van der Waals surface area contributed by atoms with E-state index in [0.29, 0.717) is 23.0 Å². The summed E-state index contributed by atoms with van der Waals surface area (Å²) in [4.78, 5) is 11.9.